The monoisotopic (exact) mass is 282 g/mol. The van der Waals surface area contributed by atoms with E-state index in [2.05, 4.69) is 32.3 Å². The van der Waals surface area contributed by atoms with Crippen LogP contribution < -0.4 is 20.7 Å². The quantitative estimate of drug-likeness (QED) is 0.592. The van der Waals surface area contributed by atoms with Crippen molar-refractivity contribution in [3.8, 4) is 12.0 Å². The highest BCUT2D eigenvalue weighted by Gasteiger charge is 2.20. The van der Waals surface area contributed by atoms with Crippen LogP contribution in [0.15, 0.2) is 0 Å². The molecule has 1 aromatic heterocycles. The summed E-state index contributed by atoms with van der Waals surface area (Å²) >= 11 is 0. The van der Waals surface area contributed by atoms with E-state index < -0.39 is 0 Å². The van der Waals surface area contributed by atoms with Gasteiger partial charge in [-0.2, -0.15) is 9.97 Å². The van der Waals surface area contributed by atoms with Crippen molar-refractivity contribution in [2.24, 2.45) is 5.84 Å². The smallest absolute Gasteiger partial charge is 0.324 e. The molecule has 0 spiro atoms. The van der Waals surface area contributed by atoms with Crippen LogP contribution in [0.4, 0.5) is 5.95 Å². The van der Waals surface area contributed by atoms with Gasteiger partial charge in [-0.15, -0.1) is 4.98 Å². The molecule has 0 aromatic carbocycles. The summed E-state index contributed by atoms with van der Waals surface area (Å²) in [4.78, 5) is 14.6. The van der Waals surface area contributed by atoms with Crippen LogP contribution in [0.1, 0.15) is 26.7 Å². The third-order valence-electron chi connectivity index (χ3n) is 3.00. The van der Waals surface area contributed by atoms with E-state index in [4.69, 9.17) is 15.3 Å². The van der Waals surface area contributed by atoms with Crippen LogP contribution in [0, 0.1) is 0 Å². The minimum Gasteiger partial charge on any atom is -0.461 e. The molecule has 112 valence electrons. The molecule has 0 saturated carbocycles. The molecule has 0 unspecified atom stereocenters. The Morgan fingerprint density at radius 2 is 1.85 bits per heavy atom. The first kappa shape index (κ1) is 14.7. The number of ether oxygens (including phenoxy) is 2. The van der Waals surface area contributed by atoms with Crippen LogP contribution in [-0.4, -0.2) is 52.2 Å². The lowest BCUT2D eigenvalue weighted by molar-refractivity contribution is 0.103. The average molecular weight is 282 g/mol. The molecule has 0 bridgehead atoms. The molecule has 2 heterocycles. The fraction of sp³-hybridized carbons (Fsp3) is 0.750. The van der Waals surface area contributed by atoms with Gasteiger partial charge < -0.3 is 14.4 Å². The number of hydrogen-bond donors (Lipinski definition) is 2. The molecule has 3 N–H and O–H groups in total. The molecule has 8 heteroatoms. The number of piperidine rings is 1. The predicted octanol–water partition coefficient (Wildman–Crippen LogP) is 0.417. The lowest BCUT2D eigenvalue weighted by Gasteiger charge is -2.28. The number of nitrogens with one attached hydrogen (secondary N) is 1. The van der Waals surface area contributed by atoms with Gasteiger partial charge in [0.1, 0.15) is 6.10 Å². The van der Waals surface area contributed by atoms with Crippen molar-refractivity contribution in [3.05, 3.63) is 0 Å². The van der Waals surface area contributed by atoms with Crippen molar-refractivity contribution in [1.82, 2.24) is 19.9 Å². The molecule has 0 aliphatic carbocycles. The maximum atomic E-state index is 5.80. The van der Waals surface area contributed by atoms with Crippen LogP contribution in [0.25, 0.3) is 0 Å². The number of aromatic nitrogens is 3. The molecular weight excluding hydrogens is 260 g/mol. The highest BCUT2D eigenvalue weighted by Crippen LogP contribution is 2.18. The highest BCUT2D eigenvalue weighted by molar-refractivity contribution is 5.25. The van der Waals surface area contributed by atoms with E-state index in [0.717, 1.165) is 25.9 Å². The molecule has 2 rings (SSSR count). The van der Waals surface area contributed by atoms with Crippen molar-refractivity contribution < 1.29 is 9.47 Å². The summed E-state index contributed by atoms with van der Waals surface area (Å²) in [5.41, 5.74) is 2.39. The fourth-order valence-electron chi connectivity index (χ4n) is 1.97. The lowest BCUT2D eigenvalue weighted by atomic mass is 10.1. The van der Waals surface area contributed by atoms with Gasteiger partial charge >= 0.3 is 12.0 Å². The Morgan fingerprint density at radius 1 is 1.20 bits per heavy atom. The number of nitrogens with zero attached hydrogens (tertiary/aromatic N) is 4. The number of nitrogen functional groups attached to an aromatic ring is 1. The summed E-state index contributed by atoms with van der Waals surface area (Å²) < 4.78 is 11.3. The maximum absolute atomic E-state index is 5.80. The van der Waals surface area contributed by atoms with E-state index in [1.165, 1.54) is 0 Å². The first-order valence-corrected chi connectivity index (χ1v) is 6.81. The van der Waals surface area contributed by atoms with Gasteiger partial charge in [0.2, 0.25) is 5.95 Å². The standard InChI is InChI=1S/C12H22N6O2/c1-8(2)19-11-14-10(17-13)15-12(16-11)20-9-4-6-18(3)7-5-9/h8-9H,4-7,13H2,1-3H3,(H,14,15,16,17). The van der Waals surface area contributed by atoms with Gasteiger partial charge in [0.25, 0.3) is 0 Å². The van der Waals surface area contributed by atoms with E-state index in [-0.39, 0.29) is 30.2 Å². The Morgan fingerprint density at radius 3 is 2.45 bits per heavy atom. The molecule has 1 saturated heterocycles. The molecule has 0 radical (unpaired) electrons. The zero-order valence-electron chi connectivity index (χ0n) is 12.2. The minimum atomic E-state index is -0.0285. The van der Waals surface area contributed by atoms with E-state index in [1.807, 2.05) is 13.8 Å². The van der Waals surface area contributed by atoms with Crippen molar-refractivity contribution in [1.29, 1.82) is 0 Å². The van der Waals surface area contributed by atoms with Gasteiger partial charge in [0.15, 0.2) is 0 Å². The lowest BCUT2D eigenvalue weighted by Crippen LogP contribution is -2.36. The Kier molecular flexibility index (Phi) is 4.91. The fourth-order valence-corrected chi connectivity index (χ4v) is 1.97. The van der Waals surface area contributed by atoms with Gasteiger partial charge in [-0.1, -0.05) is 0 Å². The summed E-state index contributed by atoms with van der Waals surface area (Å²) in [6.07, 6.45) is 1.99. The summed E-state index contributed by atoms with van der Waals surface area (Å²) in [5.74, 6) is 5.58. The van der Waals surface area contributed by atoms with Crippen molar-refractivity contribution in [2.45, 2.75) is 38.9 Å². The first-order chi connectivity index (χ1) is 9.56. The van der Waals surface area contributed by atoms with Crippen molar-refractivity contribution in [2.75, 3.05) is 25.6 Å². The zero-order chi connectivity index (χ0) is 14.5. The molecule has 1 aromatic rings. The molecule has 8 nitrogen and oxygen atoms in total. The second kappa shape index (κ2) is 6.67. The Bertz CT molecular complexity index is 434. The number of nitrogens with two attached hydrogens (primary N) is 1. The number of hydrogen-bond acceptors (Lipinski definition) is 8. The van der Waals surface area contributed by atoms with Crippen LogP contribution in [0.5, 0.6) is 12.0 Å². The normalized spacial score (nSPS) is 17.2. The third kappa shape index (κ3) is 4.17. The average Bonchev–Trinajstić information content (AvgIpc) is 2.40. The first-order valence-electron chi connectivity index (χ1n) is 6.81. The maximum Gasteiger partial charge on any atom is 0.324 e. The zero-order valence-corrected chi connectivity index (χ0v) is 12.2. The van der Waals surface area contributed by atoms with Gasteiger partial charge in [-0.05, 0) is 33.7 Å². The summed E-state index contributed by atoms with van der Waals surface area (Å²) in [5, 5.41) is 0. The van der Waals surface area contributed by atoms with Crippen molar-refractivity contribution in [3.63, 3.8) is 0 Å². The largest absolute Gasteiger partial charge is 0.461 e. The van der Waals surface area contributed by atoms with Gasteiger partial charge in [-0.25, -0.2) is 5.84 Å². The van der Waals surface area contributed by atoms with Crippen LogP contribution in [-0.2, 0) is 0 Å². The Balaban J connectivity index is 2.06. The van der Waals surface area contributed by atoms with Gasteiger partial charge in [-0.3, -0.25) is 5.43 Å². The van der Waals surface area contributed by atoms with Crippen LogP contribution >= 0.6 is 0 Å². The topological polar surface area (TPSA) is 98.4 Å². The molecular formula is C12H22N6O2. The molecule has 0 amide bonds. The number of rotatable bonds is 5. The summed E-state index contributed by atoms with van der Waals surface area (Å²) in [6, 6.07) is 0.462. The third-order valence-corrected chi connectivity index (χ3v) is 3.00. The van der Waals surface area contributed by atoms with E-state index in [1.54, 1.807) is 0 Å². The van der Waals surface area contributed by atoms with Crippen LogP contribution in [0.3, 0.4) is 0 Å². The molecule has 0 atom stereocenters. The molecule has 1 fully saturated rings. The highest BCUT2D eigenvalue weighted by atomic mass is 16.5. The molecule has 1 aliphatic heterocycles. The van der Waals surface area contributed by atoms with Crippen molar-refractivity contribution >= 4 is 5.95 Å². The molecule has 1 aliphatic rings. The van der Waals surface area contributed by atoms with Gasteiger partial charge in [0.05, 0.1) is 6.10 Å². The summed E-state index contributed by atoms with van der Waals surface area (Å²) in [6.45, 7) is 5.81. The Labute approximate surface area is 118 Å². The minimum absolute atomic E-state index is 0.0285. The Hall–Kier alpha value is -1.67. The van der Waals surface area contributed by atoms with E-state index >= 15 is 0 Å². The number of hydrazine groups is 1. The SMILES string of the molecule is CC(C)Oc1nc(NN)nc(OC2CCN(C)CC2)n1. The number of likely N-dealkylation sites (tertiary alicyclic amines) is 1. The number of anilines is 1. The van der Waals surface area contributed by atoms with E-state index in [0.29, 0.717) is 0 Å². The van der Waals surface area contributed by atoms with Gasteiger partial charge in [0, 0.05) is 13.1 Å². The predicted molar refractivity (Wildman–Crippen MR) is 74.5 cm³/mol. The second-order valence-corrected chi connectivity index (χ2v) is 5.16. The summed E-state index contributed by atoms with van der Waals surface area (Å²) in [7, 11) is 2.10. The van der Waals surface area contributed by atoms with Crippen LogP contribution in [0.2, 0.25) is 0 Å². The van der Waals surface area contributed by atoms with E-state index in [9.17, 15) is 0 Å². The second-order valence-electron chi connectivity index (χ2n) is 5.16. The molecule has 20 heavy (non-hydrogen) atoms.